The number of fused-ring (bicyclic) bond motifs is 5. The second-order valence-electron chi connectivity index (χ2n) is 7.33. The van der Waals surface area contributed by atoms with Gasteiger partial charge in [-0.25, -0.2) is 0 Å². The predicted molar refractivity (Wildman–Crippen MR) is 80.4 cm³/mol. The molecule has 4 rings (SSSR count). The molecule has 3 aliphatic carbocycles. The average molecular weight is 271 g/mol. The van der Waals surface area contributed by atoms with Crippen LogP contribution in [0.5, 0.6) is 5.75 Å². The predicted octanol–water partition coefficient (Wildman–Crippen LogP) is 3.77. The zero-order valence-electron chi connectivity index (χ0n) is 12.5. The van der Waals surface area contributed by atoms with E-state index in [0.717, 1.165) is 35.3 Å². The van der Waals surface area contributed by atoms with Crippen LogP contribution in [-0.4, -0.2) is 6.10 Å². The lowest BCUT2D eigenvalue weighted by atomic mass is 9.93. The van der Waals surface area contributed by atoms with Crippen molar-refractivity contribution in [3.05, 3.63) is 29.8 Å². The Bertz CT molecular complexity index is 479. The van der Waals surface area contributed by atoms with Crippen LogP contribution >= 0.6 is 0 Å². The van der Waals surface area contributed by atoms with E-state index >= 15 is 0 Å². The first-order chi connectivity index (χ1) is 9.65. The van der Waals surface area contributed by atoms with Crippen molar-refractivity contribution < 1.29 is 4.74 Å². The third-order valence-corrected chi connectivity index (χ3v) is 5.85. The second-order valence-corrected chi connectivity index (χ2v) is 7.33. The van der Waals surface area contributed by atoms with Gasteiger partial charge in [-0.3, -0.25) is 0 Å². The minimum Gasteiger partial charge on any atom is -0.491 e. The van der Waals surface area contributed by atoms with E-state index in [0.29, 0.717) is 0 Å². The lowest BCUT2D eigenvalue weighted by Crippen LogP contribution is -2.17. The molecular formula is C18H25NO. The third kappa shape index (κ3) is 1.88. The van der Waals surface area contributed by atoms with E-state index in [4.69, 9.17) is 10.5 Å². The van der Waals surface area contributed by atoms with Crippen LogP contribution in [0.1, 0.15) is 44.7 Å². The fourth-order valence-corrected chi connectivity index (χ4v) is 5.14. The van der Waals surface area contributed by atoms with E-state index in [-0.39, 0.29) is 12.1 Å². The molecule has 2 bridgehead atoms. The molecule has 0 aliphatic heterocycles. The monoisotopic (exact) mass is 271 g/mol. The molecule has 5 atom stereocenters. The lowest BCUT2D eigenvalue weighted by molar-refractivity contribution is 0.242. The Morgan fingerprint density at radius 3 is 2.20 bits per heavy atom. The Morgan fingerprint density at radius 2 is 1.65 bits per heavy atom. The summed E-state index contributed by atoms with van der Waals surface area (Å²) in [6, 6.07) is 8.71. The van der Waals surface area contributed by atoms with Gasteiger partial charge in [0.15, 0.2) is 0 Å². The van der Waals surface area contributed by atoms with Crippen LogP contribution in [0.4, 0.5) is 0 Å². The molecule has 1 aromatic carbocycles. The number of ether oxygens (including phenoxy) is 1. The van der Waals surface area contributed by atoms with Crippen LogP contribution in [0, 0.1) is 29.6 Å². The standard InChI is InChI=1S/C18H25NO/c1-10(2)20-14-7-5-11(6-8-14)18(19)17-15-12-3-4-13(9-12)16(15)17/h5-8,10,12-13,15-18H,3-4,9,19H2,1-2H3. The molecule has 3 fully saturated rings. The molecule has 3 saturated carbocycles. The van der Waals surface area contributed by atoms with E-state index in [9.17, 15) is 0 Å². The summed E-state index contributed by atoms with van der Waals surface area (Å²) in [5.74, 6) is 5.63. The van der Waals surface area contributed by atoms with Crippen molar-refractivity contribution in [1.29, 1.82) is 0 Å². The zero-order valence-corrected chi connectivity index (χ0v) is 12.5. The first-order valence-corrected chi connectivity index (χ1v) is 8.17. The maximum absolute atomic E-state index is 6.55. The van der Waals surface area contributed by atoms with Crippen LogP contribution in [0.2, 0.25) is 0 Å². The van der Waals surface area contributed by atoms with Gasteiger partial charge >= 0.3 is 0 Å². The molecule has 108 valence electrons. The Hall–Kier alpha value is -1.02. The van der Waals surface area contributed by atoms with Gasteiger partial charge in [-0.05, 0) is 80.4 Å². The van der Waals surface area contributed by atoms with E-state index < -0.39 is 0 Å². The molecule has 0 radical (unpaired) electrons. The maximum atomic E-state index is 6.55. The largest absolute Gasteiger partial charge is 0.491 e. The summed E-state index contributed by atoms with van der Waals surface area (Å²) in [5.41, 5.74) is 7.84. The van der Waals surface area contributed by atoms with Gasteiger partial charge in [0, 0.05) is 6.04 Å². The quantitative estimate of drug-likeness (QED) is 0.905. The van der Waals surface area contributed by atoms with Crippen LogP contribution in [0.25, 0.3) is 0 Å². The molecule has 0 aromatic heterocycles. The summed E-state index contributed by atoms with van der Waals surface area (Å²) >= 11 is 0. The molecule has 3 aliphatic rings. The normalized spacial score (nSPS) is 38.9. The van der Waals surface area contributed by atoms with Gasteiger partial charge < -0.3 is 10.5 Å². The van der Waals surface area contributed by atoms with Crippen LogP contribution < -0.4 is 10.5 Å². The van der Waals surface area contributed by atoms with Crippen molar-refractivity contribution in [3.63, 3.8) is 0 Å². The minimum atomic E-state index is 0.230. The third-order valence-electron chi connectivity index (χ3n) is 5.85. The SMILES string of the molecule is CC(C)Oc1ccc(C(N)C2C3C4CCC(C4)C32)cc1. The highest BCUT2D eigenvalue weighted by Crippen LogP contribution is 2.71. The maximum Gasteiger partial charge on any atom is 0.119 e. The molecule has 0 spiro atoms. The molecule has 1 aromatic rings. The van der Waals surface area contributed by atoms with E-state index in [1.807, 2.05) is 0 Å². The van der Waals surface area contributed by atoms with E-state index in [2.05, 4.69) is 38.1 Å². The first kappa shape index (κ1) is 12.7. The number of nitrogens with two attached hydrogens (primary N) is 1. The fourth-order valence-electron chi connectivity index (χ4n) is 5.14. The summed E-state index contributed by atoms with van der Waals surface area (Å²) in [7, 11) is 0. The Labute approximate surface area is 121 Å². The van der Waals surface area contributed by atoms with Gasteiger partial charge in [-0.15, -0.1) is 0 Å². The number of rotatable bonds is 4. The van der Waals surface area contributed by atoms with Crippen molar-refractivity contribution in [1.82, 2.24) is 0 Å². The van der Waals surface area contributed by atoms with Crippen molar-refractivity contribution in [2.45, 2.75) is 45.3 Å². The van der Waals surface area contributed by atoms with Gasteiger partial charge in [-0.2, -0.15) is 0 Å². The van der Waals surface area contributed by atoms with Crippen molar-refractivity contribution >= 4 is 0 Å². The highest BCUT2D eigenvalue weighted by molar-refractivity contribution is 5.31. The van der Waals surface area contributed by atoms with E-state index in [1.54, 1.807) is 0 Å². The molecule has 2 N–H and O–H groups in total. The molecule has 5 unspecified atom stereocenters. The van der Waals surface area contributed by atoms with Crippen LogP contribution in [0.15, 0.2) is 24.3 Å². The smallest absolute Gasteiger partial charge is 0.119 e. The summed E-state index contributed by atoms with van der Waals surface area (Å²) < 4.78 is 5.70. The number of hydrogen-bond donors (Lipinski definition) is 1. The summed E-state index contributed by atoms with van der Waals surface area (Å²) in [5, 5.41) is 0. The molecule has 0 heterocycles. The fraction of sp³-hybridized carbons (Fsp3) is 0.667. The summed E-state index contributed by atoms with van der Waals surface area (Å²) in [4.78, 5) is 0. The average Bonchev–Trinajstić information content (AvgIpc) is 2.86. The van der Waals surface area contributed by atoms with Crippen molar-refractivity contribution in [3.8, 4) is 5.75 Å². The Morgan fingerprint density at radius 1 is 1.05 bits per heavy atom. The van der Waals surface area contributed by atoms with Gasteiger partial charge in [0.05, 0.1) is 6.10 Å². The molecular weight excluding hydrogens is 246 g/mol. The van der Waals surface area contributed by atoms with Gasteiger partial charge in [-0.1, -0.05) is 12.1 Å². The number of hydrogen-bond acceptors (Lipinski definition) is 2. The molecule has 0 saturated heterocycles. The second kappa shape index (κ2) is 4.49. The minimum absolute atomic E-state index is 0.230. The Kier molecular flexibility index (Phi) is 2.85. The first-order valence-electron chi connectivity index (χ1n) is 8.17. The summed E-state index contributed by atoms with van der Waals surface area (Å²) in [6.45, 7) is 4.11. The van der Waals surface area contributed by atoms with Crippen molar-refractivity contribution in [2.75, 3.05) is 0 Å². The molecule has 2 nitrogen and oxygen atoms in total. The highest BCUT2D eigenvalue weighted by atomic mass is 16.5. The molecule has 0 amide bonds. The van der Waals surface area contributed by atoms with Gasteiger partial charge in [0.25, 0.3) is 0 Å². The van der Waals surface area contributed by atoms with Gasteiger partial charge in [0.1, 0.15) is 5.75 Å². The van der Waals surface area contributed by atoms with Crippen molar-refractivity contribution in [2.24, 2.45) is 35.3 Å². The Balaban J connectivity index is 1.46. The lowest BCUT2D eigenvalue weighted by Gasteiger charge is -2.17. The van der Waals surface area contributed by atoms with Crippen LogP contribution in [-0.2, 0) is 0 Å². The highest BCUT2D eigenvalue weighted by Gasteiger charge is 2.66. The molecule has 2 heteroatoms. The molecule has 20 heavy (non-hydrogen) atoms. The number of benzene rings is 1. The van der Waals surface area contributed by atoms with Gasteiger partial charge in [0.2, 0.25) is 0 Å². The van der Waals surface area contributed by atoms with E-state index in [1.165, 1.54) is 24.8 Å². The van der Waals surface area contributed by atoms with Crippen LogP contribution in [0.3, 0.4) is 0 Å². The topological polar surface area (TPSA) is 35.2 Å². The zero-order chi connectivity index (χ0) is 13.9. The summed E-state index contributed by atoms with van der Waals surface area (Å²) in [6.07, 6.45) is 4.67.